The van der Waals surface area contributed by atoms with Gasteiger partial charge in [-0.15, -0.1) is 0 Å². The van der Waals surface area contributed by atoms with Crippen molar-refractivity contribution in [2.75, 3.05) is 6.61 Å². The van der Waals surface area contributed by atoms with E-state index in [1.54, 1.807) is 24.3 Å². The van der Waals surface area contributed by atoms with Gasteiger partial charge in [0.15, 0.2) is 12.9 Å². The third kappa shape index (κ3) is 2.43. The molecule has 0 atom stereocenters. The summed E-state index contributed by atoms with van der Waals surface area (Å²) in [5.74, 6) is -0.183. The van der Waals surface area contributed by atoms with Crippen molar-refractivity contribution in [2.24, 2.45) is 0 Å². The molecular weight excluding hydrogens is 220 g/mol. The smallest absolute Gasteiger partial charge is 0.188 e. The summed E-state index contributed by atoms with van der Waals surface area (Å²) in [4.78, 5) is 11.1. The summed E-state index contributed by atoms with van der Waals surface area (Å²) in [6.07, 6.45) is 0. The molecule has 61 valence electrons. The maximum atomic E-state index is 11.1. The zero-order chi connectivity index (χ0) is 8.97. The monoisotopic (exact) mass is 225 g/mol. The van der Waals surface area contributed by atoms with E-state index in [-0.39, 0.29) is 12.4 Å². The van der Waals surface area contributed by atoms with Crippen molar-refractivity contribution in [3.05, 3.63) is 41.4 Å². The van der Waals surface area contributed by atoms with Crippen LogP contribution in [0.15, 0.2) is 28.7 Å². The molecule has 2 nitrogen and oxygen atoms in total. The lowest BCUT2D eigenvalue weighted by Gasteiger charge is -1.98. The number of carbonyl (C=O) groups is 1. The molecule has 0 N–H and O–H groups in total. The number of ether oxygens (including phenoxy) is 1. The van der Waals surface area contributed by atoms with Crippen LogP contribution < -0.4 is 0 Å². The highest BCUT2D eigenvalue weighted by atomic mass is 79.9. The molecule has 0 aromatic heterocycles. The quantitative estimate of drug-likeness (QED) is 0.738. The van der Waals surface area contributed by atoms with Crippen molar-refractivity contribution >= 4 is 21.7 Å². The van der Waals surface area contributed by atoms with Crippen LogP contribution in [-0.4, -0.2) is 12.4 Å². The Morgan fingerprint density at radius 3 is 2.50 bits per heavy atom. The largest absolute Gasteiger partial charge is 0.357 e. The zero-order valence-electron chi connectivity index (χ0n) is 6.21. The molecule has 0 aliphatic carbocycles. The van der Waals surface area contributed by atoms with E-state index in [0.29, 0.717) is 5.56 Å². The molecule has 0 unspecified atom stereocenters. The van der Waals surface area contributed by atoms with Crippen LogP contribution in [-0.2, 0) is 4.74 Å². The molecule has 0 saturated carbocycles. The van der Waals surface area contributed by atoms with Gasteiger partial charge in [0.05, 0.1) is 0 Å². The molecule has 1 aromatic carbocycles. The van der Waals surface area contributed by atoms with Crippen LogP contribution >= 0.6 is 15.9 Å². The van der Waals surface area contributed by atoms with E-state index in [0.717, 1.165) is 4.47 Å². The van der Waals surface area contributed by atoms with Crippen LogP contribution in [0.4, 0.5) is 0 Å². The Hall–Kier alpha value is -0.670. The van der Waals surface area contributed by atoms with Crippen LogP contribution in [0.5, 0.6) is 0 Å². The lowest BCUT2D eigenvalue weighted by molar-refractivity contribution is 0.0882. The fourth-order valence-corrected chi connectivity index (χ4v) is 1.05. The summed E-state index contributed by atoms with van der Waals surface area (Å²) in [5, 5.41) is 0. The van der Waals surface area contributed by atoms with Gasteiger partial charge in [-0.05, 0) is 12.1 Å². The number of halogens is 1. The van der Waals surface area contributed by atoms with Crippen molar-refractivity contribution < 1.29 is 9.53 Å². The Labute approximate surface area is 79.7 Å². The van der Waals surface area contributed by atoms with Gasteiger partial charge in [0.2, 0.25) is 0 Å². The number of carbonyl (C=O) groups excluding carboxylic acids is 1. The number of hydrogen-bond donors (Lipinski definition) is 0. The van der Waals surface area contributed by atoms with E-state index < -0.39 is 0 Å². The molecular formula is C9H6BrO2. The van der Waals surface area contributed by atoms with Crippen LogP contribution in [0.25, 0.3) is 0 Å². The summed E-state index contributed by atoms with van der Waals surface area (Å²) >= 11 is 3.25. The minimum absolute atomic E-state index is 0.183. The first kappa shape index (κ1) is 9.42. The van der Waals surface area contributed by atoms with Gasteiger partial charge in [0.25, 0.3) is 0 Å². The molecule has 0 amide bonds. The average molecular weight is 226 g/mol. The second kappa shape index (κ2) is 4.38. The van der Waals surface area contributed by atoms with E-state index in [9.17, 15) is 4.79 Å². The number of benzene rings is 1. The molecule has 1 rings (SSSR count). The third-order valence-corrected chi connectivity index (χ3v) is 1.90. The van der Waals surface area contributed by atoms with Gasteiger partial charge in [0, 0.05) is 10.0 Å². The Balaban J connectivity index is 2.75. The molecule has 0 saturated heterocycles. The van der Waals surface area contributed by atoms with E-state index in [2.05, 4.69) is 20.7 Å². The number of ketones is 1. The van der Waals surface area contributed by atoms with Crippen molar-refractivity contribution in [3.63, 3.8) is 0 Å². The van der Waals surface area contributed by atoms with E-state index >= 15 is 0 Å². The molecule has 0 aliphatic rings. The first-order valence-electron chi connectivity index (χ1n) is 3.31. The van der Waals surface area contributed by atoms with Crippen LogP contribution in [0.3, 0.4) is 0 Å². The highest BCUT2D eigenvalue weighted by Crippen LogP contribution is 2.10. The SMILES string of the molecule is [C]OCC(=O)c1ccc(Br)cc1. The van der Waals surface area contributed by atoms with E-state index in [1.807, 2.05) is 0 Å². The van der Waals surface area contributed by atoms with Gasteiger partial charge >= 0.3 is 0 Å². The first-order valence-corrected chi connectivity index (χ1v) is 4.10. The minimum atomic E-state index is -0.193. The topological polar surface area (TPSA) is 26.3 Å². The average Bonchev–Trinajstić information content (AvgIpc) is 2.06. The predicted molar refractivity (Wildman–Crippen MR) is 47.7 cm³/mol. The zero-order valence-corrected chi connectivity index (χ0v) is 7.80. The maximum absolute atomic E-state index is 11.1. The van der Waals surface area contributed by atoms with Gasteiger partial charge in [-0.3, -0.25) is 4.79 Å². The molecule has 12 heavy (non-hydrogen) atoms. The predicted octanol–water partition coefficient (Wildman–Crippen LogP) is 2.19. The highest BCUT2D eigenvalue weighted by molar-refractivity contribution is 9.10. The Kier molecular flexibility index (Phi) is 3.44. The molecule has 0 fully saturated rings. The number of rotatable bonds is 3. The number of hydrogen-bond acceptors (Lipinski definition) is 2. The second-order valence-corrected chi connectivity index (χ2v) is 3.13. The van der Waals surface area contributed by atoms with E-state index in [4.69, 9.17) is 7.11 Å². The normalized spacial score (nSPS) is 9.83. The summed E-state index contributed by atoms with van der Waals surface area (Å²) < 4.78 is 4.90. The van der Waals surface area contributed by atoms with Crippen LogP contribution in [0.2, 0.25) is 0 Å². The molecule has 0 aliphatic heterocycles. The fraction of sp³-hybridized carbons (Fsp3) is 0.111. The maximum Gasteiger partial charge on any atom is 0.188 e. The first-order chi connectivity index (χ1) is 5.74. The number of Topliss-reactive ketones (excluding diaryl/α,β-unsaturated/α-hetero) is 1. The van der Waals surface area contributed by atoms with Gasteiger partial charge in [-0.1, -0.05) is 28.1 Å². The summed E-state index contributed by atoms with van der Waals surface area (Å²) in [6, 6.07) is 6.92. The van der Waals surface area contributed by atoms with Gasteiger partial charge < -0.3 is 4.74 Å². The van der Waals surface area contributed by atoms with Gasteiger partial charge in [-0.2, -0.15) is 0 Å². The summed E-state index contributed by atoms with van der Waals surface area (Å²) in [7, 11) is 6.39. The molecule has 0 bridgehead atoms. The Morgan fingerprint density at radius 1 is 1.42 bits per heavy atom. The standard InChI is InChI=1S/C9H6BrO2/c1-12-6-9(11)7-2-4-8(10)5-3-7/h2-5H,6H2. The van der Waals surface area contributed by atoms with Crippen molar-refractivity contribution in [1.29, 1.82) is 0 Å². The summed E-state index contributed by atoms with van der Waals surface area (Å²) in [6.45, 7) is -0.193. The molecule has 0 heterocycles. The van der Waals surface area contributed by atoms with Gasteiger partial charge in [0.1, 0.15) is 6.61 Å². The Morgan fingerprint density at radius 2 is 2.00 bits per heavy atom. The molecule has 3 radical (unpaired) electrons. The summed E-state index contributed by atoms with van der Waals surface area (Å²) in [5.41, 5.74) is 0.561. The Bertz CT molecular complexity index is 266. The van der Waals surface area contributed by atoms with E-state index in [1.165, 1.54) is 0 Å². The van der Waals surface area contributed by atoms with Crippen LogP contribution in [0.1, 0.15) is 10.4 Å². The minimum Gasteiger partial charge on any atom is -0.357 e. The van der Waals surface area contributed by atoms with Crippen LogP contribution in [0, 0.1) is 7.11 Å². The molecule has 3 heteroatoms. The highest BCUT2D eigenvalue weighted by Gasteiger charge is 2.03. The van der Waals surface area contributed by atoms with Crippen molar-refractivity contribution in [3.8, 4) is 0 Å². The fourth-order valence-electron chi connectivity index (χ4n) is 0.785. The second-order valence-electron chi connectivity index (χ2n) is 2.22. The third-order valence-electron chi connectivity index (χ3n) is 1.37. The molecule has 1 aromatic rings. The van der Waals surface area contributed by atoms with Gasteiger partial charge in [-0.25, -0.2) is 0 Å². The van der Waals surface area contributed by atoms with Crippen molar-refractivity contribution in [1.82, 2.24) is 0 Å². The lowest BCUT2D eigenvalue weighted by atomic mass is 10.1. The lowest BCUT2D eigenvalue weighted by Crippen LogP contribution is -2.05. The van der Waals surface area contributed by atoms with Crippen molar-refractivity contribution in [2.45, 2.75) is 0 Å². The molecule has 0 spiro atoms.